The number of aromatic nitrogens is 1. The minimum Gasteiger partial charge on any atom is -0.309 e. The molecule has 0 bridgehead atoms. The fourth-order valence-corrected chi connectivity index (χ4v) is 2.76. The van der Waals surface area contributed by atoms with Gasteiger partial charge in [0.15, 0.2) is 0 Å². The van der Waals surface area contributed by atoms with Crippen molar-refractivity contribution in [1.82, 2.24) is 10.3 Å². The second kappa shape index (κ2) is 5.09. The molecule has 1 aromatic heterocycles. The second-order valence-electron chi connectivity index (χ2n) is 4.63. The fraction of sp³-hybridized carbons (Fsp3) is 0.267. The summed E-state index contributed by atoms with van der Waals surface area (Å²) in [5, 5.41) is 4.32. The molecule has 92 valence electrons. The van der Waals surface area contributed by atoms with E-state index in [0.717, 1.165) is 30.0 Å². The molecule has 0 spiro atoms. The van der Waals surface area contributed by atoms with Crippen LogP contribution in [-0.4, -0.2) is 11.5 Å². The predicted octanol–water partition coefficient (Wildman–Crippen LogP) is 3.16. The van der Waals surface area contributed by atoms with E-state index in [1.807, 2.05) is 6.07 Å². The van der Waals surface area contributed by atoms with Crippen molar-refractivity contribution in [3.8, 4) is 0 Å². The summed E-state index contributed by atoms with van der Waals surface area (Å²) in [6, 6.07) is 11.0. The van der Waals surface area contributed by atoms with Gasteiger partial charge in [-0.1, -0.05) is 35.9 Å². The first-order valence-corrected chi connectivity index (χ1v) is 6.62. The summed E-state index contributed by atoms with van der Waals surface area (Å²) in [5.74, 6) is 0. The van der Waals surface area contributed by atoms with E-state index < -0.39 is 0 Å². The third kappa shape index (κ3) is 2.26. The van der Waals surface area contributed by atoms with Crippen LogP contribution in [0.4, 0.5) is 0 Å². The Morgan fingerprint density at radius 2 is 2.17 bits per heavy atom. The number of rotatable bonds is 2. The molecule has 3 rings (SSSR count). The molecular weight excluding hydrogens is 244 g/mol. The first-order valence-electron chi connectivity index (χ1n) is 6.24. The predicted molar refractivity (Wildman–Crippen MR) is 73.8 cm³/mol. The van der Waals surface area contributed by atoms with Crippen LogP contribution in [0.3, 0.4) is 0 Å². The Balaban J connectivity index is 1.89. The first-order chi connectivity index (χ1) is 8.84. The van der Waals surface area contributed by atoms with Crippen molar-refractivity contribution >= 4 is 11.6 Å². The fourth-order valence-electron chi connectivity index (χ4n) is 2.56. The van der Waals surface area contributed by atoms with Gasteiger partial charge in [0, 0.05) is 18.4 Å². The highest BCUT2D eigenvalue weighted by molar-refractivity contribution is 6.31. The Morgan fingerprint density at radius 3 is 3.06 bits per heavy atom. The number of halogens is 1. The molecule has 1 aromatic carbocycles. The van der Waals surface area contributed by atoms with Gasteiger partial charge >= 0.3 is 0 Å². The van der Waals surface area contributed by atoms with Crippen molar-refractivity contribution in [2.75, 3.05) is 6.54 Å². The Hall–Kier alpha value is -1.38. The molecule has 1 N–H and O–H groups in total. The molecule has 3 heteroatoms. The number of hydrogen-bond acceptors (Lipinski definition) is 2. The summed E-state index contributed by atoms with van der Waals surface area (Å²) < 4.78 is 0. The number of pyridine rings is 1. The van der Waals surface area contributed by atoms with Crippen molar-refractivity contribution in [3.63, 3.8) is 0 Å². The van der Waals surface area contributed by atoms with Crippen molar-refractivity contribution < 1.29 is 0 Å². The Bertz CT molecular complexity index is 554. The van der Waals surface area contributed by atoms with E-state index in [4.69, 9.17) is 11.6 Å². The highest BCUT2D eigenvalue weighted by atomic mass is 35.5. The monoisotopic (exact) mass is 258 g/mol. The van der Waals surface area contributed by atoms with Crippen molar-refractivity contribution in [3.05, 3.63) is 64.4 Å². The smallest absolute Gasteiger partial charge is 0.0622 e. The zero-order chi connectivity index (χ0) is 12.4. The van der Waals surface area contributed by atoms with E-state index in [2.05, 4.69) is 34.6 Å². The van der Waals surface area contributed by atoms with Crippen molar-refractivity contribution in [1.29, 1.82) is 0 Å². The molecule has 0 saturated heterocycles. The summed E-state index contributed by atoms with van der Waals surface area (Å²) in [6.07, 6.45) is 5.54. The van der Waals surface area contributed by atoms with E-state index in [1.54, 1.807) is 12.4 Å². The standard InChI is InChI=1S/C15H15ClN2/c16-14-10-17-7-5-12(14)9-15-13-4-2-1-3-11(13)6-8-18-15/h1-5,7,10,15,18H,6,8-9H2. The number of hydrogen-bond donors (Lipinski definition) is 1. The van der Waals surface area contributed by atoms with Crippen LogP contribution in [0.25, 0.3) is 0 Å². The van der Waals surface area contributed by atoms with Crippen LogP contribution in [0.1, 0.15) is 22.7 Å². The zero-order valence-corrected chi connectivity index (χ0v) is 10.8. The Kier molecular flexibility index (Phi) is 3.31. The normalized spacial score (nSPS) is 18.4. The molecule has 18 heavy (non-hydrogen) atoms. The summed E-state index contributed by atoms with van der Waals surface area (Å²) in [5.41, 5.74) is 4.00. The van der Waals surface area contributed by atoms with Crippen LogP contribution in [0.2, 0.25) is 5.02 Å². The van der Waals surface area contributed by atoms with Gasteiger partial charge in [-0.25, -0.2) is 0 Å². The van der Waals surface area contributed by atoms with Gasteiger partial charge in [0.2, 0.25) is 0 Å². The highest BCUT2D eigenvalue weighted by Gasteiger charge is 2.19. The molecule has 0 saturated carbocycles. The number of benzene rings is 1. The molecule has 2 aromatic rings. The minimum atomic E-state index is 0.356. The molecule has 1 unspecified atom stereocenters. The maximum Gasteiger partial charge on any atom is 0.0622 e. The lowest BCUT2D eigenvalue weighted by Crippen LogP contribution is -2.31. The third-order valence-electron chi connectivity index (χ3n) is 3.50. The molecular formula is C15H15ClN2. The lowest BCUT2D eigenvalue weighted by atomic mass is 9.91. The average Bonchev–Trinajstić information content (AvgIpc) is 2.42. The lowest BCUT2D eigenvalue weighted by molar-refractivity contribution is 0.502. The van der Waals surface area contributed by atoms with Gasteiger partial charge in [0.05, 0.1) is 5.02 Å². The van der Waals surface area contributed by atoms with Crippen molar-refractivity contribution in [2.24, 2.45) is 0 Å². The molecule has 0 aliphatic carbocycles. The molecule has 1 aliphatic rings. The molecule has 1 atom stereocenters. The summed E-state index contributed by atoms with van der Waals surface area (Å²) >= 11 is 6.18. The average molecular weight is 259 g/mol. The number of nitrogens with zero attached hydrogens (tertiary/aromatic N) is 1. The highest BCUT2D eigenvalue weighted by Crippen LogP contribution is 2.27. The molecule has 2 nitrogen and oxygen atoms in total. The van der Waals surface area contributed by atoms with Crippen LogP contribution in [0.5, 0.6) is 0 Å². The second-order valence-corrected chi connectivity index (χ2v) is 5.03. The summed E-state index contributed by atoms with van der Waals surface area (Å²) in [4.78, 5) is 4.03. The quantitative estimate of drug-likeness (QED) is 0.895. The van der Waals surface area contributed by atoms with Gasteiger partial charge in [0.25, 0.3) is 0 Å². The molecule has 2 heterocycles. The van der Waals surface area contributed by atoms with E-state index in [-0.39, 0.29) is 0 Å². The van der Waals surface area contributed by atoms with Crippen LogP contribution in [0, 0.1) is 0 Å². The van der Waals surface area contributed by atoms with E-state index in [1.165, 1.54) is 11.1 Å². The van der Waals surface area contributed by atoms with Crippen molar-refractivity contribution in [2.45, 2.75) is 18.9 Å². The van der Waals surface area contributed by atoms with Gasteiger partial charge in [0.1, 0.15) is 0 Å². The van der Waals surface area contributed by atoms with E-state index in [0.29, 0.717) is 6.04 Å². The lowest BCUT2D eigenvalue weighted by Gasteiger charge is -2.27. The number of nitrogens with one attached hydrogen (secondary N) is 1. The molecule has 0 amide bonds. The van der Waals surface area contributed by atoms with Gasteiger partial charge < -0.3 is 5.32 Å². The van der Waals surface area contributed by atoms with E-state index >= 15 is 0 Å². The third-order valence-corrected chi connectivity index (χ3v) is 3.84. The van der Waals surface area contributed by atoms with Crippen LogP contribution >= 0.6 is 11.6 Å². The maximum atomic E-state index is 6.18. The van der Waals surface area contributed by atoms with Crippen LogP contribution < -0.4 is 5.32 Å². The summed E-state index contributed by atoms with van der Waals surface area (Å²) in [7, 11) is 0. The largest absolute Gasteiger partial charge is 0.309 e. The zero-order valence-electron chi connectivity index (χ0n) is 10.1. The van der Waals surface area contributed by atoms with Gasteiger partial charge in [-0.15, -0.1) is 0 Å². The Morgan fingerprint density at radius 1 is 1.28 bits per heavy atom. The van der Waals surface area contributed by atoms with Gasteiger partial charge in [-0.05, 0) is 42.1 Å². The van der Waals surface area contributed by atoms with Gasteiger partial charge in [-0.2, -0.15) is 0 Å². The molecule has 0 radical (unpaired) electrons. The van der Waals surface area contributed by atoms with Gasteiger partial charge in [-0.3, -0.25) is 4.98 Å². The Labute approximate surface area is 112 Å². The van der Waals surface area contributed by atoms with Crippen LogP contribution in [0.15, 0.2) is 42.7 Å². The minimum absolute atomic E-state index is 0.356. The topological polar surface area (TPSA) is 24.9 Å². The molecule has 0 fully saturated rings. The first kappa shape index (κ1) is 11.7. The SMILES string of the molecule is Clc1cnccc1CC1NCCc2ccccc21. The van der Waals surface area contributed by atoms with E-state index in [9.17, 15) is 0 Å². The van der Waals surface area contributed by atoms with Crippen LogP contribution in [-0.2, 0) is 12.8 Å². The maximum absolute atomic E-state index is 6.18. The number of fused-ring (bicyclic) bond motifs is 1. The molecule has 1 aliphatic heterocycles. The summed E-state index contributed by atoms with van der Waals surface area (Å²) in [6.45, 7) is 1.03.